The molecular weight excluding hydrogens is 201 g/mol. The van der Waals surface area contributed by atoms with Crippen molar-refractivity contribution in [3.05, 3.63) is 24.0 Å². The van der Waals surface area contributed by atoms with Gasteiger partial charge < -0.3 is 9.31 Å². The zero-order chi connectivity index (χ0) is 16.2. The van der Waals surface area contributed by atoms with Gasteiger partial charge >= 0.3 is 7.12 Å². The van der Waals surface area contributed by atoms with E-state index in [0.717, 1.165) is 0 Å². The maximum atomic E-state index is 8.07. The Morgan fingerprint density at radius 2 is 1.94 bits per heavy atom. The zero-order valence-electron chi connectivity index (χ0n) is 14.9. The van der Waals surface area contributed by atoms with E-state index in [-0.39, 0.29) is 29.4 Å². The number of pyridine rings is 1. The average Bonchev–Trinajstić information content (AvgIpc) is 2.52. The molecule has 1 fully saturated rings. The van der Waals surface area contributed by atoms with E-state index >= 15 is 0 Å². The number of hydrogen-bond acceptors (Lipinski definition) is 3. The lowest BCUT2D eigenvalue weighted by Gasteiger charge is -2.32. The number of nitrogens with zero attached hydrogens (tertiary/aromatic N) is 1. The van der Waals surface area contributed by atoms with Crippen LogP contribution >= 0.6 is 0 Å². The lowest BCUT2D eigenvalue weighted by Crippen LogP contribution is -2.41. The Kier molecular flexibility index (Phi) is 1.51. The van der Waals surface area contributed by atoms with E-state index in [0.29, 0.717) is 0 Å². The fourth-order valence-corrected chi connectivity index (χ4v) is 1.42. The third kappa shape index (κ3) is 1.87. The van der Waals surface area contributed by atoms with Crippen LogP contribution in [0.15, 0.2) is 18.3 Å². The van der Waals surface area contributed by atoms with Crippen LogP contribution in [0.5, 0.6) is 0 Å². The fraction of sp³-hybridized carbons (Fsp3) is 0.583. The van der Waals surface area contributed by atoms with E-state index in [2.05, 4.69) is 4.98 Å². The average molecular weight is 224 g/mol. The van der Waals surface area contributed by atoms with Crippen molar-refractivity contribution in [1.82, 2.24) is 4.98 Å². The Balaban J connectivity index is 2.56. The number of aromatic nitrogens is 1. The van der Waals surface area contributed by atoms with Gasteiger partial charge in [0, 0.05) is 14.6 Å². The van der Waals surface area contributed by atoms with Crippen molar-refractivity contribution in [1.29, 1.82) is 0 Å². The maximum Gasteiger partial charge on any atom is 0.494 e. The van der Waals surface area contributed by atoms with Gasteiger partial charge in [0.1, 0.15) is 0 Å². The van der Waals surface area contributed by atoms with Crippen molar-refractivity contribution in [2.24, 2.45) is 0 Å². The summed E-state index contributed by atoms with van der Waals surface area (Å²) in [5.74, 6) is 0. The SMILES string of the molecule is [2H]c1nc(C([2H])[2H])c([2H])c(B2OC(C)(C)C(C)(C)O2)c1[2H]. The summed E-state index contributed by atoms with van der Waals surface area (Å²) in [6, 6.07) is -0.493. The second-order valence-corrected chi connectivity index (χ2v) is 4.86. The highest BCUT2D eigenvalue weighted by molar-refractivity contribution is 6.62. The Labute approximate surface area is 104 Å². The molecule has 1 aromatic heterocycles. The highest BCUT2D eigenvalue weighted by Crippen LogP contribution is 2.36. The van der Waals surface area contributed by atoms with Crippen molar-refractivity contribution in [2.75, 3.05) is 0 Å². The van der Waals surface area contributed by atoms with Crippen LogP contribution in [-0.4, -0.2) is 23.3 Å². The molecule has 0 atom stereocenters. The monoisotopic (exact) mass is 224 g/mol. The zero-order valence-corrected chi connectivity index (χ0v) is 9.92. The topological polar surface area (TPSA) is 31.4 Å². The Hall–Kier alpha value is -0.865. The highest BCUT2D eigenvalue weighted by atomic mass is 16.7. The van der Waals surface area contributed by atoms with Gasteiger partial charge in [-0.3, -0.25) is 4.98 Å². The van der Waals surface area contributed by atoms with Gasteiger partial charge in [-0.1, -0.05) is 0 Å². The summed E-state index contributed by atoms with van der Waals surface area (Å²) in [6.45, 7) is 5.90. The molecule has 1 saturated heterocycles. The lowest BCUT2D eigenvalue weighted by atomic mass is 9.79. The van der Waals surface area contributed by atoms with Crippen LogP contribution in [0, 0.1) is 6.88 Å². The summed E-state index contributed by atoms with van der Waals surface area (Å²) >= 11 is 0. The molecule has 0 bridgehead atoms. The second-order valence-electron chi connectivity index (χ2n) is 4.86. The molecule has 0 N–H and O–H groups in total. The number of aryl methyl sites for hydroxylation is 1. The highest BCUT2D eigenvalue weighted by Gasteiger charge is 2.51. The van der Waals surface area contributed by atoms with Crippen LogP contribution in [0.25, 0.3) is 0 Å². The first-order valence-electron chi connectivity index (χ1n) is 7.81. The molecule has 0 radical (unpaired) electrons. The Bertz CT molecular complexity index is 563. The van der Waals surface area contributed by atoms with Gasteiger partial charge in [0.05, 0.1) is 15.3 Å². The smallest absolute Gasteiger partial charge is 0.399 e. The Morgan fingerprint density at radius 3 is 2.50 bits per heavy atom. The van der Waals surface area contributed by atoms with Crippen LogP contribution in [0.3, 0.4) is 0 Å². The predicted molar refractivity (Wildman–Crippen MR) is 64.7 cm³/mol. The minimum absolute atomic E-state index is 0.0631. The fourth-order valence-electron chi connectivity index (χ4n) is 1.42. The van der Waals surface area contributed by atoms with Crippen molar-refractivity contribution in [2.45, 2.75) is 45.8 Å². The molecule has 86 valence electrons. The van der Waals surface area contributed by atoms with E-state index in [1.807, 2.05) is 27.7 Å². The van der Waals surface area contributed by atoms with Crippen molar-refractivity contribution in [3.8, 4) is 0 Å². The predicted octanol–water partition coefficient (Wildman–Crippen LogP) is 1.69. The molecule has 2 heterocycles. The van der Waals surface area contributed by atoms with Gasteiger partial charge in [-0.2, -0.15) is 0 Å². The summed E-state index contributed by atoms with van der Waals surface area (Å²) in [4.78, 5) is 3.68. The van der Waals surface area contributed by atoms with Crippen molar-refractivity contribution >= 4 is 12.6 Å². The van der Waals surface area contributed by atoms with E-state index < -0.39 is 25.2 Å². The van der Waals surface area contributed by atoms with Gasteiger partial charge in [-0.15, -0.1) is 0 Å². The third-order valence-electron chi connectivity index (χ3n) is 3.12. The molecule has 0 amide bonds. The molecule has 16 heavy (non-hydrogen) atoms. The molecule has 0 unspecified atom stereocenters. The summed E-state index contributed by atoms with van der Waals surface area (Å²) in [7, 11) is -0.973. The summed E-state index contributed by atoms with van der Waals surface area (Å²) in [5, 5.41) is 0. The third-order valence-corrected chi connectivity index (χ3v) is 3.12. The maximum absolute atomic E-state index is 8.07. The standard InChI is InChI=1S/C12H18BNO2/c1-9-8-10(6-7-14-9)13-15-11(2,3)12(4,5)16-13/h6-8H,1-5H3/i1D2,6D,7D,8D. The molecule has 1 aliphatic heterocycles. The summed E-state index contributed by atoms with van der Waals surface area (Å²) < 4.78 is 50.1. The van der Waals surface area contributed by atoms with Crippen molar-refractivity contribution in [3.63, 3.8) is 0 Å². The number of hydrogen-bond donors (Lipinski definition) is 0. The van der Waals surface area contributed by atoms with Crippen LogP contribution < -0.4 is 5.46 Å². The normalized spacial score (nSPS) is 27.1. The van der Waals surface area contributed by atoms with Crippen LogP contribution in [0.4, 0.5) is 0 Å². The molecular formula is C12H18BNO2. The van der Waals surface area contributed by atoms with Gasteiger partial charge in [-0.05, 0) is 52.1 Å². The van der Waals surface area contributed by atoms with Crippen LogP contribution in [0.1, 0.15) is 40.2 Å². The van der Waals surface area contributed by atoms with E-state index in [9.17, 15) is 0 Å². The minimum Gasteiger partial charge on any atom is -0.399 e. The van der Waals surface area contributed by atoms with E-state index in [1.165, 1.54) is 0 Å². The summed E-state index contributed by atoms with van der Waals surface area (Å²) in [5.41, 5.74) is -1.37. The van der Waals surface area contributed by atoms with E-state index in [1.54, 1.807) is 0 Å². The first kappa shape index (κ1) is 6.77. The first-order valence-corrected chi connectivity index (χ1v) is 5.15. The molecule has 3 nitrogen and oxygen atoms in total. The largest absolute Gasteiger partial charge is 0.494 e. The number of rotatable bonds is 1. The molecule has 2 rings (SSSR count). The molecule has 4 heteroatoms. The molecule has 1 aliphatic rings. The van der Waals surface area contributed by atoms with Crippen LogP contribution in [-0.2, 0) is 9.31 Å². The molecule has 0 spiro atoms. The van der Waals surface area contributed by atoms with Gasteiger partial charge in [0.2, 0.25) is 0 Å². The van der Waals surface area contributed by atoms with Gasteiger partial charge in [-0.25, -0.2) is 0 Å². The minimum atomic E-state index is -1.50. The molecule has 0 aliphatic carbocycles. The molecule has 1 aromatic rings. The second kappa shape index (κ2) is 3.57. The Morgan fingerprint density at radius 1 is 1.31 bits per heavy atom. The van der Waals surface area contributed by atoms with Crippen LogP contribution in [0.2, 0.25) is 0 Å². The lowest BCUT2D eigenvalue weighted by molar-refractivity contribution is 0.00578. The van der Waals surface area contributed by atoms with E-state index in [4.69, 9.17) is 16.2 Å². The van der Waals surface area contributed by atoms with Gasteiger partial charge in [0.15, 0.2) is 0 Å². The molecule has 0 saturated carbocycles. The van der Waals surface area contributed by atoms with Crippen molar-refractivity contribution < 1.29 is 16.2 Å². The molecule has 0 aromatic carbocycles. The first-order chi connectivity index (χ1) is 9.48. The summed E-state index contributed by atoms with van der Waals surface area (Å²) in [6.07, 6.45) is -0.379. The quantitative estimate of drug-likeness (QED) is 0.680. The van der Waals surface area contributed by atoms with Gasteiger partial charge in [0.25, 0.3) is 0 Å².